The minimum Gasteiger partial charge on any atom is -0.493 e. The molecule has 144 valence electrons. The van der Waals surface area contributed by atoms with Crippen LogP contribution in [0.1, 0.15) is 35.8 Å². The Bertz CT molecular complexity index is 791. The predicted molar refractivity (Wildman–Crippen MR) is 97.4 cm³/mol. The fraction of sp³-hybridized carbons (Fsp3) is 0.300. The molecule has 2 aromatic rings. The van der Waals surface area contributed by atoms with Crippen molar-refractivity contribution < 1.29 is 28.2 Å². The second kappa shape index (κ2) is 9.56. The highest BCUT2D eigenvalue weighted by atomic mass is 19.1. The molecule has 0 aromatic heterocycles. The lowest BCUT2D eigenvalue weighted by atomic mass is 10.1. The molecule has 0 saturated heterocycles. The largest absolute Gasteiger partial charge is 0.493 e. The van der Waals surface area contributed by atoms with E-state index >= 15 is 0 Å². The monoisotopic (exact) mass is 375 g/mol. The van der Waals surface area contributed by atoms with E-state index in [4.69, 9.17) is 14.2 Å². The Balaban J connectivity index is 1.90. The minimum atomic E-state index is -0.652. The first kappa shape index (κ1) is 20.2. The third kappa shape index (κ3) is 5.70. The summed E-state index contributed by atoms with van der Waals surface area (Å²) in [7, 11) is 1.47. The number of halogens is 1. The number of carbonyl (C=O) groups is 2. The van der Waals surface area contributed by atoms with E-state index in [0.29, 0.717) is 18.1 Å². The summed E-state index contributed by atoms with van der Waals surface area (Å²) in [4.78, 5) is 24.1. The van der Waals surface area contributed by atoms with E-state index in [9.17, 15) is 14.0 Å². The smallest absolute Gasteiger partial charge is 0.338 e. The number of rotatable bonds is 8. The van der Waals surface area contributed by atoms with Gasteiger partial charge >= 0.3 is 5.97 Å². The summed E-state index contributed by atoms with van der Waals surface area (Å²) in [5.41, 5.74) is 0.988. The standard InChI is InChI=1S/C20H22FNO5/c1-4-26-17-10-7-15(11-18(17)25-3)20(24)27-12-19(23)22-13(2)14-5-8-16(21)9-6-14/h5-11,13H,4,12H2,1-3H3,(H,22,23). The molecule has 0 aliphatic carbocycles. The fourth-order valence-corrected chi connectivity index (χ4v) is 2.40. The van der Waals surface area contributed by atoms with Gasteiger partial charge in [-0.2, -0.15) is 0 Å². The Labute approximate surface area is 157 Å². The van der Waals surface area contributed by atoms with Crippen LogP contribution in [0.5, 0.6) is 11.5 Å². The van der Waals surface area contributed by atoms with Gasteiger partial charge in [-0.05, 0) is 49.7 Å². The number of hydrogen-bond acceptors (Lipinski definition) is 5. The molecule has 0 spiro atoms. The van der Waals surface area contributed by atoms with Crippen molar-refractivity contribution in [3.63, 3.8) is 0 Å². The van der Waals surface area contributed by atoms with Gasteiger partial charge in [0.15, 0.2) is 18.1 Å². The number of nitrogens with one attached hydrogen (secondary N) is 1. The van der Waals surface area contributed by atoms with Crippen LogP contribution < -0.4 is 14.8 Å². The Hall–Kier alpha value is -3.09. The average molecular weight is 375 g/mol. The van der Waals surface area contributed by atoms with Crippen LogP contribution in [-0.4, -0.2) is 32.2 Å². The lowest BCUT2D eigenvalue weighted by molar-refractivity contribution is -0.124. The van der Waals surface area contributed by atoms with E-state index in [1.807, 2.05) is 6.92 Å². The summed E-state index contributed by atoms with van der Waals surface area (Å²) < 4.78 is 28.6. The van der Waals surface area contributed by atoms with E-state index in [1.165, 1.54) is 31.4 Å². The number of ether oxygens (including phenoxy) is 3. The fourth-order valence-electron chi connectivity index (χ4n) is 2.40. The van der Waals surface area contributed by atoms with E-state index in [2.05, 4.69) is 5.32 Å². The molecule has 0 saturated carbocycles. The van der Waals surface area contributed by atoms with Gasteiger partial charge in [0.05, 0.1) is 25.3 Å². The number of hydrogen-bond donors (Lipinski definition) is 1. The summed E-state index contributed by atoms with van der Waals surface area (Å²) in [5.74, 6) is -0.543. The Kier molecular flexibility index (Phi) is 7.16. The number of amides is 1. The second-order valence-electron chi connectivity index (χ2n) is 5.72. The molecule has 1 unspecified atom stereocenters. The summed E-state index contributed by atoms with van der Waals surface area (Å²) in [6.07, 6.45) is 0. The molecule has 1 N–H and O–H groups in total. The molecule has 0 radical (unpaired) electrons. The highest BCUT2D eigenvalue weighted by Gasteiger charge is 2.15. The van der Waals surface area contributed by atoms with Crippen molar-refractivity contribution in [2.45, 2.75) is 19.9 Å². The lowest BCUT2D eigenvalue weighted by Gasteiger charge is -2.14. The zero-order valence-corrected chi connectivity index (χ0v) is 15.5. The summed E-state index contributed by atoms with van der Waals surface area (Å²) in [5, 5.41) is 2.69. The van der Waals surface area contributed by atoms with Gasteiger partial charge in [0.25, 0.3) is 5.91 Å². The molecule has 1 atom stereocenters. The maximum Gasteiger partial charge on any atom is 0.338 e. The van der Waals surface area contributed by atoms with E-state index in [1.54, 1.807) is 25.1 Å². The van der Waals surface area contributed by atoms with Crippen molar-refractivity contribution in [3.05, 3.63) is 59.4 Å². The molecule has 2 aromatic carbocycles. The maximum absolute atomic E-state index is 12.9. The van der Waals surface area contributed by atoms with Gasteiger partial charge in [0.1, 0.15) is 5.82 Å². The van der Waals surface area contributed by atoms with Gasteiger partial charge in [-0.3, -0.25) is 4.79 Å². The first-order chi connectivity index (χ1) is 12.9. The highest BCUT2D eigenvalue weighted by Crippen LogP contribution is 2.28. The third-order valence-electron chi connectivity index (χ3n) is 3.78. The molecule has 1 amide bonds. The normalized spacial score (nSPS) is 11.4. The Morgan fingerprint density at radius 1 is 1.11 bits per heavy atom. The van der Waals surface area contributed by atoms with Crippen molar-refractivity contribution >= 4 is 11.9 Å². The number of methoxy groups -OCH3 is 1. The maximum atomic E-state index is 12.9. The number of carbonyl (C=O) groups excluding carboxylic acids is 2. The van der Waals surface area contributed by atoms with Crippen LogP contribution in [0.25, 0.3) is 0 Å². The predicted octanol–water partition coefficient (Wildman–Crippen LogP) is 3.27. The highest BCUT2D eigenvalue weighted by molar-refractivity contribution is 5.92. The Morgan fingerprint density at radius 2 is 1.81 bits per heavy atom. The number of esters is 1. The van der Waals surface area contributed by atoms with Gasteiger partial charge in [-0.15, -0.1) is 0 Å². The van der Waals surface area contributed by atoms with Crippen molar-refractivity contribution in [1.29, 1.82) is 0 Å². The molecule has 27 heavy (non-hydrogen) atoms. The molecule has 0 aliphatic rings. The van der Waals surface area contributed by atoms with E-state index in [-0.39, 0.29) is 17.4 Å². The van der Waals surface area contributed by atoms with Crippen molar-refractivity contribution in [3.8, 4) is 11.5 Å². The molecule has 2 rings (SSSR count). The van der Waals surface area contributed by atoms with Crippen LogP contribution in [0.4, 0.5) is 4.39 Å². The zero-order valence-electron chi connectivity index (χ0n) is 15.5. The summed E-state index contributed by atoms with van der Waals surface area (Å²) in [6.45, 7) is 3.63. The first-order valence-corrected chi connectivity index (χ1v) is 8.47. The van der Waals surface area contributed by atoms with Crippen molar-refractivity contribution in [2.75, 3.05) is 20.3 Å². The van der Waals surface area contributed by atoms with E-state index in [0.717, 1.165) is 5.56 Å². The molecule has 0 fully saturated rings. The van der Waals surface area contributed by atoms with Gasteiger partial charge < -0.3 is 19.5 Å². The SMILES string of the molecule is CCOc1ccc(C(=O)OCC(=O)NC(C)c2ccc(F)cc2)cc1OC. The molecule has 0 aliphatic heterocycles. The van der Waals surface area contributed by atoms with Crippen LogP contribution in [-0.2, 0) is 9.53 Å². The Morgan fingerprint density at radius 3 is 2.44 bits per heavy atom. The van der Waals surface area contributed by atoms with Crippen LogP contribution in [0.2, 0.25) is 0 Å². The first-order valence-electron chi connectivity index (χ1n) is 8.47. The van der Waals surface area contributed by atoms with Crippen molar-refractivity contribution in [2.24, 2.45) is 0 Å². The topological polar surface area (TPSA) is 73.9 Å². The van der Waals surface area contributed by atoms with Crippen molar-refractivity contribution in [1.82, 2.24) is 5.32 Å². The quantitative estimate of drug-likeness (QED) is 0.717. The average Bonchev–Trinajstić information content (AvgIpc) is 2.67. The minimum absolute atomic E-state index is 0.245. The summed E-state index contributed by atoms with van der Waals surface area (Å²) >= 11 is 0. The lowest BCUT2D eigenvalue weighted by Crippen LogP contribution is -2.31. The molecular weight excluding hydrogens is 353 g/mol. The molecule has 0 bridgehead atoms. The van der Waals surface area contributed by atoms with Gasteiger partial charge in [-0.25, -0.2) is 9.18 Å². The summed E-state index contributed by atoms with van der Waals surface area (Å²) in [6, 6.07) is 10.1. The molecular formula is C20H22FNO5. The zero-order chi connectivity index (χ0) is 19.8. The third-order valence-corrected chi connectivity index (χ3v) is 3.78. The van der Waals surface area contributed by atoms with Crippen LogP contribution in [0, 0.1) is 5.82 Å². The van der Waals surface area contributed by atoms with Gasteiger partial charge in [0, 0.05) is 0 Å². The van der Waals surface area contributed by atoms with Crippen LogP contribution >= 0.6 is 0 Å². The molecule has 0 heterocycles. The second-order valence-corrected chi connectivity index (χ2v) is 5.72. The van der Waals surface area contributed by atoms with Crippen LogP contribution in [0.3, 0.4) is 0 Å². The molecule has 7 heteroatoms. The number of benzene rings is 2. The van der Waals surface area contributed by atoms with Crippen LogP contribution in [0.15, 0.2) is 42.5 Å². The van der Waals surface area contributed by atoms with E-state index < -0.39 is 18.5 Å². The molecule has 6 nitrogen and oxygen atoms in total. The van der Waals surface area contributed by atoms with Gasteiger partial charge in [-0.1, -0.05) is 12.1 Å². The van der Waals surface area contributed by atoms with Gasteiger partial charge in [0.2, 0.25) is 0 Å².